The molecule has 0 heteroatoms. The number of rotatable bonds is 4. The van der Waals surface area contributed by atoms with Crippen LogP contribution in [0.5, 0.6) is 0 Å². The number of hydrogen-bond donors (Lipinski definition) is 0. The molecule has 0 saturated heterocycles. The van der Waals surface area contributed by atoms with Crippen LogP contribution in [0.4, 0.5) is 0 Å². The molecule has 0 nitrogen and oxygen atoms in total. The Morgan fingerprint density at radius 2 is 1.69 bits per heavy atom. The van der Waals surface area contributed by atoms with Crippen molar-refractivity contribution in [1.82, 2.24) is 0 Å². The van der Waals surface area contributed by atoms with E-state index in [0.717, 1.165) is 11.1 Å². The minimum atomic E-state index is 0.928. The molecule has 16 heavy (non-hydrogen) atoms. The Morgan fingerprint density at radius 3 is 2.19 bits per heavy atom. The molecule has 82 valence electrons. The molecule has 0 atom stereocenters. The molecule has 0 unspecified atom stereocenters. The molecule has 1 rings (SSSR count). The number of benzene rings is 1. The summed E-state index contributed by atoms with van der Waals surface area (Å²) in [5, 5.41) is 0. The molecule has 1 aromatic carbocycles. The summed E-state index contributed by atoms with van der Waals surface area (Å²) in [6.45, 7) is 16.0. The minimum absolute atomic E-state index is 0.928. The van der Waals surface area contributed by atoms with Crippen LogP contribution >= 0.6 is 0 Å². The maximum atomic E-state index is 4.11. The number of hydrogen-bond acceptors (Lipinski definition) is 0. The van der Waals surface area contributed by atoms with Crippen LogP contribution in [0.1, 0.15) is 16.7 Å². The van der Waals surface area contributed by atoms with Crippen molar-refractivity contribution >= 4 is 5.57 Å². The fraction of sp³-hybridized carbons (Fsp3) is 0.125. The Balaban J connectivity index is 3.10. The molecule has 0 saturated carbocycles. The summed E-state index contributed by atoms with van der Waals surface area (Å²) in [4.78, 5) is 0. The highest BCUT2D eigenvalue weighted by atomic mass is 14.1. The predicted octanol–water partition coefficient (Wildman–Crippen LogP) is 4.62. The Morgan fingerprint density at radius 1 is 1.12 bits per heavy atom. The minimum Gasteiger partial charge on any atom is -0.0991 e. The van der Waals surface area contributed by atoms with Crippen LogP contribution in [0, 0.1) is 13.8 Å². The predicted molar refractivity (Wildman–Crippen MR) is 73.4 cm³/mol. The first kappa shape index (κ1) is 12.3. The van der Waals surface area contributed by atoms with Gasteiger partial charge in [-0.1, -0.05) is 56.2 Å². The average molecular weight is 210 g/mol. The fourth-order valence-corrected chi connectivity index (χ4v) is 1.74. The topological polar surface area (TPSA) is 0 Å². The lowest BCUT2D eigenvalue weighted by Gasteiger charge is -2.12. The van der Waals surface area contributed by atoms with Crippen molar-refractivity contribution in [2.45, 2.75) is 13.8 Å². The summed E-state index contributed by atoms with van der Waals surface area (Å²) in [5.74, 6) is 0. The van der Waals surface area contributed by atoms with Crippen LogP contribution in [-0.4, -0.2) is 0 Å². The zero-order valence-corrected chi connectivity index (χ0v) is 10.1. The molecule has 0 N–H and O–H groups in total. The van der Waals surface area contributed by atoms with Gasteiger partial charge in [-0.2, -0.15) is 0 Å². The molecule has 0 spiro atoms. The van der Waals surface area contributed by atoms with E-state index in [2.05, 4.69) is 51.8 Å². The lowest BCUT2D eigenvalue weighted by Crippen LogP contribution is -1.93. The van der Waals surface area contributed by atoms with Crippen molar-refractivity contribution in [3.63, 3.8) is 0 Å². The van der Waals surface area contributed by atoms with Crippen molar-refractivity contribution < 1.29 is 0 Å². The van der Waals surface area contributed by atoms with Crippen molar-refractivity contribution in [3.8, 4) is 0 Å². The third-order valence-electron chi connectivity index (χ3n) is 2.60. The Hall–Kier alpha value is -1.82. The quantitative estimate of drug-likeness (QED) is 0.636. The van der Waals surface area contributed by atoms with Gasteiger partial charge in [0.15, 0.2) is 0 Å². The molecule has 0 amide bonds. The first-order valence-electron chi connectivity index (χ1n) is 5.31. The molecule has 0 bridgehead atoms. The zero-order chi connectivity index (χ0) is 12.1. The normalized spacial score (nSPS) is 10.4. The maximum absolute atomic E-state index is 4.11. The van der Waals surface area contributed by atoms with Gasteiger partial charge in [-0.3, -0.25) is 0 Å². The van der Waals surface area contributed by atoms with Gasteiger partial charge in [0.2, 0.25) is 0 Å². The maximum Gasteiger partial charge on any atom is -0.0126 e. The first-order chi connectivity index (χ1) is 7.57. The van der Waals surface area contributed by atoms with E-state index in [9.17, 15) is 0 Å². The summed E-state index contributed by atoms with van der Waals surface area (Å²) in [5.41, 5.74) is 5.57. The van der Waals surface area contributed by atoms with Crippen molar-refractivity contribution in [2.75, 3.05) is 0 Å². The molecule has 0 aromatic heterocycles. The lowest BCUT2D eigenvalue weighted by atomic mass is 9.92. The Labute approximate surface area is 98.3 Å². The summed E-state index contributed by atoms with van der Waals surface area (Å²) in [7, 11) is 0. The lowest BCUT2D eigenvalue weighted by molar-refractivity contribution is 1.34. The van der Waals surface area contributed by atoms with Gasteiger partial charge in [0.1, 0.15) is 0 Å². The van der Waals surface area contributed by atoms with E-state index < -0.39 is 0 Å². The smallest absolute Gasteiger partial charge is 0.0126 e. The molecule has 1 aromatic rings. The first-order valence-corrected chi connectivity index (χ1v) is 5.31. The highest BCUT2D eigenvalue weighted by Gasteiger charge is 2.07. The molecule has 0 aliphatic rings. The van der Waals surface area contributed by atoms with Gasteiger partial charge in [-0.05, 0) is 41.7 Å². The second-order valence-electron chi connectivity index (χ2n) is 3.87. The molecular weight excluding hydrogens is 192 g/mol. The van der Waals surface area contributed by atoms with Crippen LogP contribution in [-0.2, 0) is 0 Å². The second kappa shape index (κ2) is 5.32. The summed E-state index contributed by atoms with van der Waals surface area (Å²) in [6.07, 6.45) is 5.55. The van der Waals surface area contributed by atoms with E-state index >= 15 is 0 Å². The van der Waals surface area contributed by atoms with Gasteiger partial charge in [-0.25, -0.2) is 0 Å². The van der Waals surface area contributed by atoms with Gasteiger partial charge < -0.3 is 0 Å². The summed E-state index contributed by atoms with van der Waals surface area (Å²) >= 11 is 0. The van der Waals surface area contributed by atoms with Gasteiger partial charge >= 0.3 is 0 Å². The van der Waals surface area contributed by atoms with E-state index in [4.69, 9.17) is 0 Å². The van der Waals surface area contributed by atoms with Crippen molar-refractivity contribution in [3.05, 3.63) is 78.4 Å². The highest BCUT2D eigenvalue weighted by Crippen LogP contribution is 2.26. The van der Waals surface area contributed by atoms with Gasteiger partial charge in [0.05, 0.1) is 0 Å². The van der Waals surface area contributed by atoms with Gasteiger partial charge in [-0.15, -0.1) is 0 Å². The second-order valence-corrected chi connectivity index (χ2v) is 3.87. The largest absolute Gasteiger partial charge is 0.0991 e. The van der Waals surface area contributed by atoms with Crippen LogP contribution in [0.3, 0.4) is 0 Å². The Kier molecular flexibility index (Phi) is 4.07. The average Bonchev–Trinajstić information content (AvgIpc) is 2.25. The molecule has 0 heterocycles. The summed E-state index contributed by atoms with van der Waals surface area (Å²) in [6, 6.07) is 6.25. The van der Waals surface area contributed by atoms with E-state index in [1.54, 1.807) is 6.08 Å². The third-order valence-corrected chi connectivity index (χ3v) is 2.60. The summed E-state index contributed by atoms with van der Waals surface area (Å²) < 4.78 is 0. The van der Waals surface area contributed by atoms with E-state index in [-0.39, 0.29) is 0 Å². The van der Waals surface area contributed by atoms with Gasteiger partial charge in [0, 0.05) is 0 Å². The van der Waals surface area contributed by atoms with Gasteiger partial charge in [0.25, 0.3) is 0 Å². The fourth-order valence-electron chi connectivity index (χ4n) is 1.74. The standard InChI is InChI=1S/C16H18/c1-6-7-9-12(2)15(5)16-13(3)10-8-11-14(16)4/h6-11H,1-2,5H2,3-4H3. The molecular formula is C16H18. The number of allylic oxidation sites excluding steroid dienone is 5. The van der Waals surface area contributed by atoms with Crippen LogP contribution in [0.25, 0.3) is 5.57 Å². The van der Waals surface area contributed by atoms with E-state index in [1.165, 1.54) is 16.7 Å². The monoisotopic (exact) mass is 210 g/mol. The van der Waals surface area contributed by atoms with Crippen LogP contribution < -0.4 is 0 Å². The molecule has 0 fully saturated rings. The van der Waals surface area contributed by atoms with Crippen LogP contribution in [0.2, 0.25) is 0 Å². The number of aryl methyl sites for hydroxylation is 2. The van der Waals surface area contributed by atoms with Crippen molar-refractivity contribution in [2.24, 2.45) is 0 Å². The van der Waals surface area contributed by atoms with E-state index in [0.29, 0.717) is 0 Å². The SMILES string of the molecule is C=CC=CC(=C)C(=C)c1c(C)cccc1C. The molecule has 0 radical (unpaired) electrons. The molecule has 0 aliphatic heterocycles. The molecule has 0 aliphatic carbocycles. The Bertz CT molecular complexity index is 439. The highest BCUT2D eigenvalue weighted by molar-refractivity contribution is 5.82. The third kappa shape index (κ3) is 2.60. The van der Waals surface area contributed by atoms with Crippen molar-refractivity contribution in [1.29, 1.82) is 0 Å². The zero-order valence-electron chi connectivity index (χ0n) is 10.1. The van der Waals surface area contributed by atoms with E-state index in [1.807, 2.05) is 12.2 Å². The van der Waals surface area contributed by atoms with Crippen LogP contribution in [0.15, 0.2) is 61.7 Å².